The summed E-state index contributed by atoms with van der Waals surface area (Å²) < 4.78 is 5.34. The van der Waals surface area contributed by atoms with Gasteiger partial charge in [0, 0.05) is 30.5 Å². The first kappa shape index (κ1) is 14.8. The molecule has 1 fully saturated rings. The first-order valence-electron chi connectivity index (χ1n) is 6.92. The van der Waals surface area contributed by atoms with Crippen molar-refractivity contribution in [2.24, 2.45) is 11.7 Å². The van der Waals surface area contributed by atoms with Crippen LogP contribution in [0.1, 0.15) is 38.0 Å². The summed E-state index contributed by atoms with van der Waals surface area (Å²) in [5.41, 5.74) is 6.08. The van der Waals surface area contributed by atoms with E-state index in [4.69, 9.17) is 10.3 Å². The molecule has 6 heteroatoms. The Morgan fingerprint density at radius 1 is 1.53 bits per heavy atom. The summed E-state index contributed by atoms with van der Waals surface area (Å²) in [7, 11) is 2.12. The Kier molecular flexibility index (Phi) is 5.24. The molecule has 1 aromatic rings. The van der Waals surface area contributed by atoms with Crippen molar-refractivity contribution in [2.75, 3.05) is 25.1 Å². The monoisotopic (exact) mass is 284 g/mol. The highest BCUT2D eigenvalue weighted by Crippen LogP contribution is 2.26. The van der Waals surface area contributed by atoms with Gasteiger partial charge in [0.05, 0.1) is 6.04 Å². The Morgan fingerprint density at radius 2 is 2.32 bits per heavy atom. The molecule has 0 spiro atoms. The van der Waals surface area contributed by atoms with E-state index in [9.17, 15) is 0 Å². The molecule has 0 aromatic carbocycles. The number of nitrogens with two attached hydrogens (primary N) is 1. The minimum absolute atomic E-state index is 0.103. The molecule has 2 atom stereocenters. The fraction of sp³-hybridized carbons (Fsp3) is 0.846. The van der Waals surface area contributed by atoms with E-state index in [1.807, 2.05) is 11.8 Å². The van der Waals surface area contributed by atoms with E-state index in [-0.39, 0.29) is 12.1 Å². The van der Waals surface area contributed by atoms with E-state index < -0.39 is 0 Å². The molecular weight excluding hydrogens is 260 g/mol. The Labute approximate surface area is 119 Å². The Morgan fingerprint density at radius 3 is 3.00 bits per heavy atom. The molecule has 19 heavy (non-hydrogen) atoms. The SMILES string of the molecule is CC(C)CC(N)Cc1nc(C2CSCCN2C)no1. The van der Waals surface area contributed by atoms with Crippen molar-refractivity contribution in [3.63, 3.8) is 0 Å². The van der Waals surface area contributed by atoms with Crippen molar-refractivity contribution in [1.82, 2.24) is 15.0 Å². The lowest BCUT2D eigenvalue weighted by molar-refractivity contribution is 0.256. The molecular formula is C13H24N4OS. The molecule has 0 saturated carbocycles. The summed E-state index contributed by atoms with van der Waals surface area (Å²) in [6.07, 6.45) is 1.66. The molecule has 0 radical (unpaired) electrons. The Hall–Kier alpha value is -0.590. The lowest BCUT2D eigenvalue weighted by atomic mass is 10.0. The van der Waals surface area contributed by atoms with Crippen LogP contribution in [-0.4, -0.2) is 46.2 Å². The second kappa shape index (κ2) is 6.72. The van der Waals surface area contributed by atoms with E-state index in [1.54, 1.807) is 0 Å². The third kappa shape index (κ3) is 4.19. The first-order chi connectivity index (χ1) is 9.06. The van der Waals surface area contributed by atoms with Crippen LogP contribution in [0.4, 0.5) is 0 Å². The fourth-order valence-corrected chi connectivity index (χ4v) is 3.57. The number of rotatable bonds is 5. The van der Waals surface area contributed by atoms with Crippen LogP contribution in [0.25, 0.3) is 0 Å². The van der Waals surface area contributed by atoms with Crippen LogP contribution in [0.5, 0.6) is 0 Å². The van der Waals surface area contributed by atoms with Crippen LogP contribution in [0.3, 0.4) is 0 Å². The molecule has 2 unspecified atom stereocenters. The Balaban J connectivity index is 1.94. The largest absolute Gasteiger partial charge is 0.339 e. The van der Waals surface area contributed by atoms with E-state index in [0.717, 1.165) is 24.5 Å². The van der Waals surface area contributed by atoms with Crippen molar-refractivity contribution in [1.29, 1.82) is 0 Å². The summed E-state index contributed by atoms with van der Waals surface area (Å²) in [5, 5.41) is 4.13. The van der Waals surface area contributed by atoms with Crippen LogP contribution < -0.4 is 5.73 Å². The van der Waals surface area contributed by atoms with Crippen molar-refractivity contribution in [3.05, 3.63) is 11.7 Å². The minimum Gasteiger partial charge on any atom is -0.339 e. The third-order valence-corrected chi connectivity index (χ3v) is 4.41. The van der Waals surface area contributed by atoms with Gasteiger partial charge in [-0.1, -0.05) is 19.0 Å². The number of nitrogens with zero attached hydrogens (tertiary/aromatic N) is 3. The third-order valence-electron chi connectivity index (χ3n) is 3.39. The average molecular weight is 284 g/mol. The molecule has 1 saturated heterocycles. The van der Waals surface area contributed by atoms with Gasteiger partial charge in [0.2, 0.25) is 5.89 Å². The topological polar surface area (TPSA) is 68.2 Å². The quantitative estimate of drug-likeness (QED) is 0.887. The molecule has 2 heterocycles. The van der Waals surface area contributed by atoms with Gasteiger partial charge in [-0.05, 0) is 19.4 Å². The number of thioether (sulfide) groups is 1. The highest BCUT2D eigenvalue weighted by atomic mass is 32.2. The zero-order valence-corrected chi connectivity index (χ0v) is 12.8. The lowest BCUT2D eigenvalue weighted by Gasteiger charge is -2.29. The van der Waals surface area contributed by atoms with Crippen LogP contribution in [0.15, 0.2) is 4.52 Å². The van der Waals surface area contributed by atoms with Crippen LogP contribution >= 0.6 is 11.8 Å². The maximum Gasteiger partial charge on any atom is 0.228 e. The molecule has 5 nitrogen and oxygen atoms in total. The molecule has 0 amide bonds. The second-order valence-corrected chi connectivity index (χ2v) is 6.86. The van der Waals surface area contributed by atoms with Crippen molar-refractivity contribution >= 4 is 11.8 Å². The Bertz CT molecular complexity index is 396. The van der Waals surface area contributed by atoms with Gasteiger partial charge < -0.3 is 10.3 Å². The zero-order valence-electron chi connectivity index (χ0n) is 12.0. The van der Waals surface area contributed by atoms with Crippen molar-refractivity contribution < 1.29 is 4.52 Å². The molecule has 1 aliphatic rings. The van der Waals surface area contributed by atoms with Gasteiger partial charge in [-0.2, -0.15) is 16.7 Å². The summed E-state index contributed by atoms with van der Waals surface area (Å²) in [4.78, 5) is 6.81. The van der Waals surface area contributed by atoms with Crippen LogP contribution in [-0.2, 0) is 6.42 Å². The predicted molar refractivity (Wildman–Crippen MR) is 78.1 cm³/mol. The van der Waals surface area contributed by atoms with E-state index in [0.29, 0.717) is 18.2 Å². The number of hydrogen-bond acceptors (Lipinski definition) is 6. The van der Waals surface area contributed by atoms with Gasteiger partial charge in [-0.25, -0.2) is 0 Å². The van der Waals surface area contributed by atoms with E-state index in [1.165, 1.54) is 5.75 Å². The van der Waals surface area contributed by atoms with Gasteiger partial charge in [0.15, 0.2) is 5.82 Å². The van der Waals surface area contributed by atoms with Crippen molar-refractivity contribution in [3.8, 4) is 0 Å². The van der Waals surface area contributed by atoms with Gasteiger partial charge in [-0.3, -0.25) is 4.90 Å². The maximum atomic E-state index is 6.08. The van der Waals surface area contributed by atoms with Crippen molar-refractivity contribution in [2.45, 2.75) is 38.8 Å². The van der Waals surface area contributed by atoms with Gasteiger partial charge in [0.25, 0.3) is 0 Å². The average Bonchev–Trinajstić information content (AvgIpc) is 2.76. The molecule has 108 valence electrons. The predicted octanol–water partition coefficient (Wildman–Crippen LogP) is 1.71. The number of aromatic nitrogens is 2. The molecule has 1 aromatic heterocycles. The lowest BCUT2D eigenvalue weighted by Crippen LogP contribution is -2.33. The summed E-state index contributed by atoms with van der Waals surface area (Å²) in [5.74, 6) is 4.29. The zero-order chi connectivity index (χ0) is 13.8. The second-order valence-electron chi connectivity index (χ2n) is 5.71. The van der Waals surface area contributed by atoms with Gasteiger partial charge in [-0.15, -0.1) is 0 Å². The normalized spacial score (nSPS) is 22.9. The maximum absolute atomic E-state index is 6.08. The van der Waals surface area contributed by atoms with Gasteiger partial charge >= 0.3 is 0 Å². The highest BCUT2D eigenvalue weighted by Gasteiger charge is 2.26. The smallest absolute Gasteiger partial charge is 0.228 e. The van der Waals surface area contributed by atoms with Crippen LogP contribution in [0, 0.1) is 5.92 Å². The van der Waals surface area contributed by atoms with E-state index in [2.05, 4.69) is 35.9 Å². The van der Waals surface area contributed by atoms with Crippen LogP contribution in [0.2, 0.25) is 0 Å². The molecule has 1 aliphatic heterocycles. The molecule has 0 bridgehead atoms. The molecule has 2 N–H and O–H groups in total. The molecule has 2 rings (SSSR count). The van der Waals surface area contributed by atoms with E-state index >= 15 is 0 Å². The highest BCUT2D eigenvalue weighted by molar-refractivity contribution is 7.99. The minimum atomic E-state index is 0.103. The standard InChI is InChI=1S/C13H24N4OS/c1-9(2)6-10(14)7-12-15-13(16-18-12)11-8-19-5-4-17(11)3/h9-11H,4-8,14H2,1-3H3. The molecule has 0 aliphatic carbocycles. The summed E-state index contributed by atoms with van der Waals surface area (Å²) in [6, 6.07) is 0.379. The summed E-state index contributed by atoms with van der Waals surface area (Å²) in [6.45, 7) is 5.42. The fourth-order valence-electron chi connectivity index (χ4n) is 2.36. The first-order valence-corrected chi connectivity index (χ1v) is 8.07. The van der Waals surface area contributed by atoms with Gasteiger partial charge in [0.1, 0.15) is 0 Å². The summed E-state index contributed by atoms with van der Waals surface area (Å²) >= 11 is 1.95. The number of hydrogen-bond donors (Lipinski definition) is 1.